The summed E-state index contributed by atoms with van der Waals surface area (Å²) in [6.07, 6.45) is 1.93. The number of nitrogens with zero attached hydrogens (tertiary/aromatic N) is 2. The lowest BCUT2D eigenvalue weighted by molar-refractivity contribution is 0.602. The van der Waals surface area contributed by atoms with Crippen molar-refractivity contribution in [3.05, 3.63) is 59.7 Å². The molecule has 2 N–H and O–H groups in total. The van der Waals surface area contributed by atoms with Crippen LogP contribution in [0, 0.1) is 0 Å². The van der Waals surface area contributed by atoms with Crippen LogP contribution in [0.15, 0.2) is 42.6 Å². The van der Waals surface area contributed by atoms with Gasteiger partial charge in [-0.25, -0.2) is 9.97 Å². The maximum Gasteiger partial charge on any atom is 0.137 e. The lowest BCUT2D eigenvalue weighted by atomic mass is 9.85. The van der Waals surface area contributed by atoms with Gasteiger partial charge in [-0.1, -0.05) is 13.8 Å². The third-order valence-corrected chi connectivity index (χ3v) is 4.82. The Labute approximate surface area is 141 Å². The molecule has 0 fully saturated rings. The van der Waals surface area contributed by atoms with Crippen LogP contribution < -0.4 is 0 Å². The third kappa shape index (κ3) is 2.30. The van der Waals surface area contributed by atoms with Gasteiger partial charge in [-0.3, -0.25) is 0 Å². The van der Waals surface area contributed by atoms with Crippen LogP contribution >= 0.6 is 0 Å². The second kappa shape index (κ2) is 5.20. The predicted molar refractivity (Wildman–Crippen MR) is 98.4 cm³/mol. The molecule has 0 aliphatic rings. The van der Waals surface area contributed by atoms with E-state index in [1.54, 1.807) is 0 Å². The zero-order chi connectivity index (χ0) is 16.9. The molecule has 0 bridgehead atoms. The van der Waals surface area contributed by atoms with Gasteiger partial charge in [0.25, 0.3) is 0 Å². The quantitative estimate of drug-likeness (QED) is 0.565. The van der Waals surface area contributed by atoms with Crippen molar-refractivity contribution < 1.29 is 0 Å². The molecule has 4 rings (SSSR count). The van der Waals surface area contributed by atoms with Crippen molar-refractivity contribution in [1.82, 2.24) is 19.9 Å². The fraction of sp³-hybridized carbons (Fsp3) is 0.300. The molecule has 0 spiro atoms. The van der Waals surface area contributed by atoms with Gasteiger partial charge < -0.3 is 9.97 Å². The Balaban J connectivity index is 1.81. The van der Waals surface area contributed by atoms with Crippen molar-refractivity contribution >= 4 is 22.1 Å². The summed E-state index contributed by atoms with van der Waals surface area (Å²) in [4.78, 5) is 16.3. The van der Waals surface area contributed by atoms with Gasteiger partial charge in [0.05, 0.1) is 5.69 Å². The van der Waals surface area contributed by atoms with Gasteiger partial charge in [-0.15, -0.1) is 0 Å². The number of pyridine rings is 2. The maximum absolute atomic E-state index is 4.80. The summed E-state index contributed by atoms with van der Waals surface area (Å²) in [6.45, 7) is 8.71. The molecule has 4 aromatic rings. The number of hydrogen-bond donors (Lipinski definition) is 2. The molecular formula is C20H22N4. The molecular weight excluding hydrogens is 296 g/mol. The molecule has 0 aromatic carbocycles. The number of rotatable bonds is 3. The second-order valence-electron chi connectivity index (χ2n) is 7.25. The topological polar surface area (TPSA) is 57.4 Å². The first-order valence-corrected chi connectivity index (χ1v) is 8.40. The molecule has 4 heterocycles. The Morgan fingerprint density at radius 2 is 1.71 bits per heavy atom. The predicted octanol–water partition coefficient (Wildman–Crippen LogP) is 4.89. The number of hydrogen-bond acceptors (Lipinski definition) is 2. The van der Waals surface area contributed by atoms with Gasteiger partial charge in [0.1, 0.15) is 11.3 Å². The highest BCUT2D eigenvalue weighted by molar-refractivity contribution is 5.78. The molecule has 4 heteroatoms. The fourth-order valence-corrected chi connectivity index (χ4v) is 3.10. The highest BCUT2D eigenvalue weighted by Crippen LogP contribution is 2.32. The number of fused-ring (bicyclic) bond motifs is 2. The van der Waals surface area contributed by atoms with Crippen LogP contribution in [0.5, 0.6) is 0 Å². The Bertz CT molecular complexity index is 1020. The first-order valence-electron chi connectivity index (χ1n) is 8.40. The van der Waals surface area contributed by atoms with Crippen molar-refractivity contribution in [2.75, 3.05) is 0 Å². The molecule has 122 valence electrons. The maximum atomic E-state index is 4.80. The third-order valence-electron chi connectivity index (χ3n) is 4.82. The molecule has 0 saturated carbocycles. The summed E-state index contributed by atoms with van der Waals surface area (Å²) < 4.78 is 0. The Kier molecular flexibility index (Phi) is 3.23. The van der Waals surface area contributed by atoms with Crippen molar-refractivity contribution in [3.8, 4) is 0 Å². The molecule has 24 heavy (non-hydrogen) atoms. The highest BCUT2D eigenvalue weighted by atomic mass is 14.9. The lowest BCUT2D eigenvalue weighted by Gasteiger charge is -2.22. The molecule has 4 nitrogen and oxygen atoms in total. The van der Waals surface area contributed by atoms with Gasteiger partial charge >= 0.3 is 0 Å². The normalized spacial score (nSPS) is 12.5. The second-order valence-corrected chi connectivity index (χ2v) is 7.25. The molecule has 0 saturated heterocycles. The Morgan fingerprint density at radius 1 is 0.917 bits per heavy atom. The monoisotopic (exact) mass is 318 g/mol. The minimum atomic E-state index is -0.224. The Morgan fingerprint density at radius 3 is 2.50 bits per heavy atom. The van der Waals surface area contributed by atoms with E-state index in [0.29, 0.717) is 5.92 Å². The van der Waals surface area contributed by atoms with Gasteiger partial charge in [0.2, 0.25) is 0 Å². The van der Waals surface area contributed by atoms with E-state index >= 15 is 0 Å². The minimum absolute atomic E-state index is 0.224. The summed E-state index contributed by atoms with van der Waals surface area (Å²) in [5.41, 5.74) is 4.93. The lowest BCUT2D eigenvalue weighted by Crippen LogP contribution is -2.21. The zero-order valence-corrected chi connectivity index (χ0v) is 14.5. The van der Waals surface area contributed by atoms with E-state index in [4.69, 9.17) is 9.97 Å². The molecule has 0 amide bonds. The van der Waals surface area contributed by atoms with E-state index in [2.05, 4.69) is 68.0 Å². The summed E-state index contributed by atoms with van der Waals surface area (Å²) in [5, 5.41) is 2.28. The van der Waals surface area contributed by atoms with E-state index in [1.165, 1.54) is 0 Å². The number of H-pyrrole nitrogens is 2. The molecule has 0 aliphatic heterocycles. The van der Waals surface area contributed by atoms with Gasteiger partial charge in [-0.2, -0.15) is 0 Å². The van der Waals surface area contributed by atoms with E-state index in [0.717, 1.165) is 39.1 Å². The summed E-state index contributed by atoms with van der Waals surface area (Å²) in [7, 11) is 0. The molecule has 4 aromatic heterocycles. The van der Waals surface area contributed by atoms with E-state index in [-0.39, 0.29) is 5.41 Å². The average molecular weight is 318 g/mol. The molecule has 0 atom stereocenters. The van der Waals surface area contributed by atoms with Crippen LogP contribution in [0.25, 0.3) is 22.1 Å². The van der Waals surface area contributed by atoms with Crippen molar-refractivity contribution in [2.45, 2.75) is 39.0 Å². The van der Waals surface area contributed by atoms with E-state index < -0.39 is 0 Å². The van der Waals surface area contributed by atoms with Crippen LogP contribution in [0.2, 0.25) is 0 Å². The van der Waals surface area contributed by atoms with E-state index in [9.17, 15) is 0 Å². The highest BCUT2D eigenvalue weighted by Gasteiger charge is 2.27. The average Bonchev–Trinajstić information content (AvgIpc) is 3.19. The molecule has 0 aliphatic carbocycles. The SMILES string of the molecule is CC(C)c1ccc2cc(C(C)(C)c3ccc4cc[nH]c4n3)[nH]c2n1. The van der Waals surface area contributed by atoms with Gasteiger partial charge in [0.15, 0.2) is 0 Å². The van der Waals surface area contributed by atoms with Gasteiger partial charge in [0, 0.05) is 33.8 Å². The van der Waals surface area contributed by atoms with E-state index in [1.807, 2.05) is 12.3 Å². The fourth-order valence-electron chi connectivity index (χ4n) is 3.10. The summed E-state index contributed by atoms with van der Waals surface area (Å²) in [6, 6.07) is 12.7. The summed E-state index contributed by atoms with van der Waals surface area (Å²) >= 11 is 0. The van der Waals surface area contributed by atoms with Crippen LogP contribution in [0.4, 0.5) is 0 Å². The standard InChI is InChI=1S/C20H22N4/c1-12(2)15-7-5-14-11-17(24-19(14)22-15)20(3,4)16-8-6-13-9-10-21-18(13)23-16/h5-12H,1-4H3,(H,21,23)(H,22,24). The first-order chi connectivity index (χ1) is 11.4. The number of nitrogens with one attached hydrogen (secondary N) is 2. The molecule has 0 unspecified atom stereocenters. The Hall–Kier alpha value is -2.62. The largest absolute Gasteiger partial charge is 0.346 e. The zero-order valence-electron chi connectivity index (χ0n) is 14.5. The van der Waals surface area contributed by atoms with Gasteiger partial charge in [-0.05, 0) is 56.2 Å². The van der Waals surface area contributed by atoms with Crippen LogP contribution in [-0.4, -0.2) is 19.9 Å². The summed E-state index contributed by atoms with van der Waals surface area (Å²) in [5.74, 6) is 0.422. The smallest absolute Gasteiger partial charge is 0.137 e. The van der Waals surface area contributed by atoms with Crippen molar-refractivity contribution in [1.29, 1.82) is 0 Å². The molecule has 0 radical (unpaired) electrons. The number of aromatic amines is 2. The van der Waals surface area contributed by atoms with Crippen LogP contribution in [0.3, 0.4) is 0 Å². The van der Waals surface area contributed by atoms with Crippen LogP contribution in [0.1, 0.15) is 50.7 Å². The minimum Gasteiger partial charge on any atom is -0.346 e. The van der Waals surface area contributed by atoms with Crippen molar-refractivity contribution in [3.63, 3.8) is 0 Å². The van der Waals surface area contributed by atoms with Crippen LogP contribution in [-0.2, 0) is 5.41 Å². The van der Waals surface area contributed by atoms with Crippen molar-refractivity contribution in [2.24, 2.45) is 0 Å². The number of aromatic nitrogens is 4. The first kappa shape index (κ1) is 14.9.